The minimum absolute atomic E-state index is 0.0310. The van der Waals surface area contributed by atoms with Crippen LogP contribution >= 0.6 is 0 Å². The average molecular weight is 348 g/mol. The van der Waals surface area contributed by atoms with Crippen LogP contribution in [0.2, 0.25) is 0 Å². The smallest absolute Gasteiger partial charge is 0.330 e. The molecule has 1 aromatic carbocycles. The number of hydrogen-bond donors (Lipinski definition) is 3. The number of ether oxygens (including phenoxy) is 2. The standard InChI is InChI=1S/C17H20N2O6/c20-8-14-13(21)6-15(25-14)19-7-12(16(22)18-17(19)23)10-24-9-11-4-2-1-3-5-11/h1-5,7,13-15,20-21H,6,8-10H2,(H,18,22,23)/t13?,14-,15-/m0/s1. The van der Waals surface area contributed by atoms with Crippen molar-refractivity contribution in [3.63, 3.8) is 0 Å². The normalized spacial score (nSPS) is 23.0. The molecular formula is C17H20N2O6. The summed E-state index contributed by atoms with van der Waals surface area (Å²) in [5, 5.41) is 18.9. The highest BCUT2D eigenvalue weighted by atomic mass is 16.5. The van der Waals surface area contributed by atoms with Crippen LogP contribution in [0, 0.1) is 0 Å². The number of aliphatic hydroxyl groups is 2. The second kappa shape index (κ2) is 7.75. The van der Waals surface area contributed by atoms with E-state index in [9.17, 15) is 14.7 Å². The lowest BCUT2D eigenvalue weighted by Gasteiger charge is -2.15. The second-order valence-electron chi connectivity index (χ2n) is 5.91. The van der Waals surface area contributed by atoms with Gasteiger partial charge in [-0.2, -0.15) is 0 Å². The lowest BCUT2D eigenvalue weighted by molar-refractivity contribution is -0.0461. The molecule has 2 aromatic rings. The summed E-state index contributed by atoms with van der Waals surface area (Å²) in [6.45, 7) is 0.0245. The molecule has 1 fully saturated rings. The number of benzene rings is 1. The van der Waals surface area contributed by atoms with E-state index < -0.39 is 29.7 Å². The van der Waals surface area contributed by atoms with E-state index in [0.29, 0.717) is 6.61 Å². The summed E-state index contributed by atoms with van der Waals surface area (Å²) in [4.78, 5) is 26.2. The van der Waals surface area contributed by atoms with E-state index >= 15 is 0 Å². The Morgan fingerprint density at radius 3 is 2.68 bits per heavy atom. The van der Waals surface area contributed by atoms with Crippen molar-refractivity contribution in [2.45, 2.75) is 38.1 Å². The van der Waals surface area contributed by atoms with Gasteiger partial charge in [-0.05, 0) is 5.56 Å². The molecule has 0 bridgehead atoms. The van der Waals surface area contributed by atoms with Crippen LogP contribution in [0.5, 0.6) is 0 Å². The van der Waals surface area contributed by atoms with Gasteiger partial charge in [0, 0.05) is 12.6 Å². The van der Waals surface area contributed by atoms with Crippen LogP contribution in [0.15, 0.2) is 46.1 Å². The Labute approximate surface area is 143 Å². The SMILES string of the molecule is O=c1[nH]c(=O)n([C@@H]2CC(O)[C@H](CO)O2)cc1COCc1ccccc1. The number of nitrogens with zero attached hydrogens (tertiary/aromatic N) is 1. The summed E-state index contributed by atoms with van der Waals surface area (Å²) in [5.74, 6) is 0. The van der Waals surface area contributed by atoms with Gasteiger partial charge in [0.05, 0.1) is 31.5 Å². The first-order chi connectivity index (χ1) is 12.1. The molecule has 0 radical (unpaired) electrons. The Bertz CT molecular complexity index is 816. The summed E-state index contributed by atoms with van der Waals surface area (Å²) in [6, 6.07) is 9.51. The lowest BCUT2D eigenvalue weighted by Crippen LogP contribution is -2.34. The summed E-state index contributed by atoms with van der Waals surface area (Å²) >= 11 is 0. The number of aliphatic hydroxyl groups excluding tert-OH is 2. The van der Waals surface area contributed by atoms with E-state index in [1.54, 1.807) is 0 Å². The molecule has 0 aliphatic carbocycles. The first kappa shape index (κ1) is 17.6. The predicted molar refractivity (Wildman–Crippen MR) is 87.9 cm³/mol. The largest absolute Gasteiger partial charge is 0.394 e. The van der Waals surface area contributed by atoms with E-state index in [2.05, 4.69) is 4.98 Å². The molecule has 1 aromatic heterocycles. The lowest BCUT2D eigenvalue weighted by atomic mass is 10.2. The molecule has 1 unspecified atom stereocenters. The molecule has 1 aliphatic heterocycles. The third-order valence-corrected chi connectivity index (χ3v) is 4.11. The van der Waals surface area contributed by atoms with Gasteiger partial charge >= 0.3 is 5.69 Å². The average Bonchev–Trinajstić information content (AvgIpc) is 2.98. The van der Waals surface area contributed by atoms with Crippen LogP contribution in [0.1, 0.15) is 23.8 Å². The quantitative estimate of drug-likeness (QED) is 0.671. The highest BCUT2D eigenvalue weighted by Gasteiger charge is 2.35. The maximum atomic E-state index is 12.0. The van der Waals surface area contributed by atoms with Crippen molar-refractivity contribution in [3.05, 3.63) is 68.5 Å². The topological polar surface area (TPSA) is 114 Å². The van der Waals surface area contributed by atoms with Crippen LogP contribution in [0.3, 0.4) is 0 Å². The molecule has 2 heterocycles. The molecule has 1 saturated heterocycles. The van der Waals surface area contributed by atoms with E-state index in [4.69, 9.17) is 14.6 Å². The molecule has 3 N–H and O–H groups in total. The summed E-state index contributed by atoms with van der Waals surface area (Å²) in [7, 11) is 0. The summed E-state index contributed by atoms with van der Waals surface area (Å²) in [6.07, 6.45) is -0.831. The third kappa shape index (κ3) is 4.05. The summed E-state index contributed by atoms with van der Waals surface area (Å²) in [5.41, 5.74) is 0.0977. The fourth-order valence-corrected chi connectivity index (χ4v) is 2.75. The highest BCUT2D eigenvalue weighted by Crippen LogP contribution is 2.27. The number of H-pyrrole nitrogens is 1. The number of rotatable bonds is 6. The van der Waals surface area contributed by atoms with Crippen molar-refractivity contribution in [2.24, 2.45) is 0 Å². The maximum Gasteiger partial charge on any atom is 0.330 e. The van der Waals surface area contributed by atoms with Gasteiger partial charge in [-0.25, -0.2) is 4.79 Å². The first-order valence-electron chi connectivity index (χ1n) is 7.99. The van der Waals surface area contributed by atoms with Crippen LogP contribution in [-0.2, 0) is 22.7 Å². The zero-order chi connectivity index (χ0) is 17.8. The predicted octanol–water partition coefficient (Wildman–Crippen LogP) is -0.106. The molecule has 0 spiro atoms. The monoisotopic (exact) mass is 348 g/mol. The number of nitrogens with one attached hydrogen (secondary N) is 1. The Hall–Kier alpha value is -2.26. The van der Waals surface area contributed by atoms with Crippen molar-refractivity contribution < 1.29 is 19.7 Å². The molecule has 8 heteroatoms. The van der Waals surface area contributed by atoms with Crippen molar-refractivity contribution >= 4 is 0 Å². The van der Waals surface area contributed by atoms with Gasteiger partial charge in [-0.1, -0.05) is 30.3 Å². The van der Waals surface area contributed by atoms with Gasteiger partial charge in [0.1, 0.15) is 12.3 Å². The number of aromatic amines is 1. The third-order valence-electron chi connectivity index (χ3n) is 4.11. The summed E-state index contributed by atoms with van der Waals surface area (Å²) < 4.78 is 12.2. The second-order valence-corrected chi connectivity index (χ2v) is 5.91. The van der Waals surface area contributed by atoms with E-state index in [-0.39, 0.29) is 25.2 Å². The van der Waals surface area contributed by atoms with Crippen molar-refractivity contribution in [1.29, 1.82) is 0 Å². The van der Waals surface area contributed by atoms with Gasteiger partial charge in [0.2, 0.25) is 0 Å². The highest BCUT2D eigenvalue weighted by molar-refractivity contribution is 5.13. The van der Waals surface area contributed by atoms with Crippen molar-refractivity contribution in [1.82, 2.24) is 9.55 Å². The van der Waals surface area contributed by atoms with Crippen molar-refractivity contribution in [3.8, 4) is 0 Å². The van der Waals surface area contributed by atoms with Gasteiger partial charge in [0.15, 0.2) is 0 Å². The molecule has 1 aliphatic rings. The molecule has 3 atom stereocenters. The van der Waals surface area contributed by atoms with Crippen LogP contribution in [0.4, 0.5) is 0 Å². The Balaban J connectivity index is 1.72. The Kier molecular flexibility index (Phi) is 5.44. The fraction of sp³-hybridized carbons (Fsp3) is 0.412. The molecule has 8 nitrogen and oxygen atoms in total. The Morgan fingerprint density at radius 2 is 2.00 bits per heavy atom. The molecule has 3 rings (SSSR count). The number of hydrogen-bond acceptors (Lipinski definition) is 6. The van der Waals surface area contributed by atoms with E-state index in [1.165, 1.54) is 10.8 Å². The minimum atomic E-state index is -0.869. The minimum Gasteiger partial charge on any atom is -0.394 e. The number of aromatic nitrogens is 2. The molecule has 134 valence electrons. The Morgan fingerprint density at radius 1 is 1.24 bits per heavy atom. The van der Waals surface area contributed by atoms with Gasteiger partial charge in [-0.15, -0.1) is 0 Å². The maximum absolute atomic E-state index is 12.0. The molecule has 0 amide bonds. The van der Waals surface area contributed by atoms with Crippen LogP contribution in [0.25, 0.3) is 0 Å². The molecular weight excluding hydrogens is 328 g/mol. The van der Waals surface area contributed by atoms with Gasteiger partial charge < -0.3 is 19.7 Å². The molecule has 0 saturated carbocycles. The van der Waals surface area contributed by atoms with E-state index in [1.807, 2.05) is 30.3 Å². The van der Waals surface area contributed by atoms with Gasteiger partial charge in [-0.3, -0.25) is 14.3 Å². The zero-order valence-corrected chi connectivity index (χ0v) is 13.5. The fourth-order valence-electron chi connectivity index (χ4n) is 2.75. The van der Waals surface area contributed by atoms with Crippen LogP contribution < -0.4 is 11.2 Å². The zero-order valence-electron chi connectivity index (χ0n) is 13.5. The van der Waals surface area contributed by atoms with E-state index in [0.717, 1.165) is 5.56 Å². The first-order valence-corrected chi connectivity index (χ1v) is 7.99. The molecule has 25 heavy (non-hydrogen) atoms. The van der Waals surface area contributed by atoms with Crippen molar-refractivity contribution in [2.75, 3.05) is 6.61 Å². The van der Waals surface area contributed by atoms with Crippen LogP contribution in [-0.4, -0.2) is 38.6 Å². The van der Waals surface area contributed by atoms with Gasteiger partial charge in [0.25, 0.3) is 5.56 Å².